The molecule has 0 aromatic heterocycles. The number of nitrogens with one attached hydrogen (secondary N) is 1. The fraction of sp³-hybridized carbons (Fsp3) is 0.429. The lowest BCUT2D eigenvalue weighted by molar-refractivity contribution is -0.486. The second-order valence-corrected chi connectivity index (χ2v) is 2.23. The number of likely N-dealkylation sites (N-methyl/N-ethyl adjacent to an activating group) is 1. The van der Waals surface area contributed by atoms with Crippen molar-refractivity contribution in [1.29, 1.82) is 0 Å². The molecule has 0 saturated heterocycles. The van der Waals surface area contributed by atoms with Gasteiger partial charge in [-0.15, -0.1) is 0 Å². The lowest BCUT2D eigenvalue weighted by Crippen LogP contribution is -2.21. The Hall–Kier alpha value is -1.32. The Bertz CT molecular complexity index is 171. The van der Waals surface area contributed by atoms with Crippen molar-refractivity contribution < 1.29 is 4.58 Å². The van der Waals surface area contributed by atoms with E-state index in [1.165, 1.54) is 6.34 Å². The molecule has 0 aromatic rings. The van der Waals surface area contributed by atoms with Gasteiger partial charge in [0.1, 0.15) is 19.6 Å². The summed E-state index contributed by atoms with van der Waals surface area (Å²) in [6.45, 7) is 8.92. The third kappa shape index (κ3) is 6.57. The maximum atomic E-state index is 5.05. The lowest BCUT2D eigenvalue weighted by atomic mass is 10.6. The van der Waals surface area contributed by atoms with Crippen molar-refractivity contribution in [3.63, 3.8) is 0 Å². The molecule has 0 fully saturated rings. The number of aliphatic imine (C=N–C) groups is 1. The van der Waals surface area contributed by atoms with E-state index in [9.17, 15) is 0 Å². The highest BCUT2D eigenvalue weighted by Crippen LogP contribution is 1.81. The number of nitrogens with two attached hydrogens (primary N) is 1. The van der Waals surface area contributed by atoms with Crippen LogP contribution in [0, 0.1) is 0 Å². The summed E-state index contributed by atoms with van der Waals surface area (Å²) in [5.41, 5.74) is 5.05. The summed E-state index contributed by atoms with van der Waals surface area (Å²) >= 11 is 0. The molecule has 0 rings (SSSR count). The van der Waals surface area contributed by atoms with Gasteiger partial charge in [0.15, 0.2) is 6.54 Å². The largest absolute Gasteiger partial charge is 0.390 e. The summed E-state index contributed by atoms with van der Waals surface area (Å²) in [5, 5.41) is 2.96. The predicted octanol–water partition coefficient (Wildman–Crippen LogP) is -0.623. The van der Waals surface area contributed by atoms with Crippen LogP contribution in [0.4, 0.5) is 0 Å². The fourth-order valence-electron chi connectivity index (χ4n) is 0.527. The first kappa shape index (κ1) is 9.68. The van der Waals surface area contributed by atoms with Crippen LogP contribution in [0.3, 0.4) is 0 Å². The van der Waals surface area contributed by atoms with E-state index in [-0.39, 0.29) is 0 Å². The summed E-state index contributed by atoms with van der Waals surface area (Å²) < 4.78 is 1.83. The molecule has 0 aliphatic rings. The van der Waals surface area contributed by atoms with Gasteiger partial charge in [-0.1, -0.05) is 6.58 Å². The highest BCUT2D eigenvalue weighted by atomic mass is 15.1. The predicted molar refractivity (Wildman–Crippen MR) is 48.0 cm³/mol. The quantitative estimate of drug-likeness (QED) is 0.316. The molecule has 0 amide bonds. The van der Waals surface area contributed by atoms with E-state index >= 15 is 0 Å². The molecule has 3 N–H and O–H groups in total. The Morgan fingerprint density at radius 2 is 2.45 bits per heavy atom. The topological polar surface area (TPSA) is 53.4 Å². The lowest BCUT2D eigenvalue weighted by Gasteiger charge is -2.00. The van der Waals surface area contributed by atoms with Crippen LogP contribution in [0.15, 0.2) is 17.4 Å². The van der Waals surface area contributed by atoms with Gasteiger partial charge in [-0.25, -0.2) is 9.57 Å². The highest BCUT2D eigenvalue weighted by Gasteiger charge is 1.91. The first-order valence-corrected chi connectivity index (χ1v) is 3.35. The van der Waals surface area contributed by atoms with Gasteiger partial charge in [-0.2, -0.15) is 0 Å². The van der Waals surface area contributed by atoms with Gasteiger partial charge in [-0.05, 0) is 0 Å². The zero-order valence-corrected chi connectivity index (χ0v) is 6.88. The highest BCUT2D eigenvalue weighted by molar-refractivity contribution is 5.52. The second-order valence-electron chi connectivity index (χ2n) is 2.23. The molecular weight excluding hydrogens is 140 g/mol. The van der Waals surface area contributed by atoms with E-state index in [1.807, 2.05) is 11.6 Å². The van der Waals surface area contributed by atoms with Crippen LogP contribution in [-0.2, 0) is 0 Å². The molecule has 0 spiro atoms. The molecule has 4 heteroatoms. The van der Waals surface area contributed by atoms with E-state index in [4.69, 9.17) is 5.73 Å². The maximum Gasteiger partial charge on any atom is 0.159 e. The van der Waals surface area contributed by atoms with Crippen molar-refractivity contribution in [2.45, 2.75) is 0 Å². The Kier molecular flexibility index (Phi) is 4.81. The van der Waals surface area contributed by atoms with E-state index in [0.717, 1.165) is 13.1 Å². The first-order chi connectivity index (χ1) is 5.16. The molecule has 0 aliphatic carbocycles. The first-order valence-electron chi connectivity index (χ1n) is 3.35. The Balaban J connectivity index is 3.39. The van der Waals surface area contributed by atoms with Gasteiger partial charge in [0.25, 0.3) is 0 Å². The minimum Gasteiger partial charge on any atom is -0.390 e. The van der Waals surface area contributed by atoms with E-state index < -0.39 is 0 Å². The second kappa shape index (κ2) is 5.46. The molecule has 0 atom stereocenters. The molecule has 0 radical (unpaired) electrons. The third-order valence-electron chi connectivity index (χ3n) is 1.05. The number of hydrogen-bond acceptors (Lipinski definition) is 2. The smallest absolute Gasteiger partial charge is 0.159 e. The molecule has 62 valence electrons. The number of hydrogen-bond donors (Lipinski definition) is 2. The molecule has 0 heterocycles. The zero-order valence-electron chi connectivity index (χ0n) is 6.88. The SMILES string of the molecule is C=C(N=CN)NCC[N+](=C)C. The third-order valence-corrected chi connectivity index (χ3v) is 1.05. The normalized spacial score (nSPS) is 9.91. The summed E-state index contributed by atoms with van der Waals surface area (Å²) in [6.07, 6.45) is 1.21. The summed E-state index contributed by atoms with van der Waals surface area (Å²) in [5.74, 6) is 0.578. The monoisotopic (exact) mass is 155 g/mol. The van der Waals surface area contributed by atoms with Crippen LogP contribution in [0.5, 0.6) is 0 Å². The Labute approximate surface area is 67.1 Å². The van der Waals surface area contributed by atoms with Gasteiger partial charge in [0, 0.05) is 0 Å². The average molecular weight is 155 g/mol. The summed E-state index contributed by atoms with van der Waals surface area (Å²) in [7, 11) is 1.90. The van der Waals surface area contributed by atoms with Gasteiger partial charge in [0.05, 0.1) is 12.9 Å². The molecular formula is C7H15N4+. The fourth-order valence-corrected chi connectivity index (χ4v) is 0.527. The van der Waals surface area contributed by atoms with Crippen molar-refractivity contribution in [2.24, 2.45) is 10.7 Å². The maximum absolute atomic E-state index is 5.05. The van der Waals surface area contributed by atoms with Gasteiger partial charge >= 0.3 is 0 Å². The molecule has 11 heavy (non-hydrogen) atoms. The van der Waals surface area contributed by atoms with E-state index in [2.05, 4.69) is 23.6 Å². The van der Waals surface area contributed by atoms with Crippen LogP contribution in [0.1, 0.15) is 0 Å². The zero-order chi connectivity index (χ0) is 8.69. The molecule has 0 aromatic carbocycles. The van der Waals surface area contributed by atoms with Crippen molar-refractivity contribution in [1.82, 2.24) is 5.32 Å². The standard InChI is InChI=1S/C7H15N4/c1-7(10-6-8)9-4-5-11(2)3/h6,9H,1-2,4-5H2,3H3,(H2,8,10)/q+1. The Morgan fingerprint density at radius 1 is 1.82 bits per heavy atom. The van der Waals surface area contributed by atoms with Crippen molar-refractivity contribution in [2.75, 3.05) is 20.1 Å². The minimum absolute atomic E-state index is 0.578. The van der Waals surface area contributed by atoms with Crippen molar-refractivity contribution in [3.8, 4) is 0 Å². The van der Waals surface area contributed by atoms with Gasteiger partial charge in [-0.3, -0.25) is 0 Å². The van der Waals surface area contributed by atoms with Crippen molar-refractivity contribution >= 4 is 13.1 Å². The van der Waals surface area contributed by atoms with Gasteiger partial charge < -0.3 is 11.1 Å². The van der Waals surface area contributed by atoms with Gasteiger partial charge in [0.2, 0.25) is 0 Å². The summed E-state index contributed by atoms with van der Waals surface area (Å²) in [6, 6.07) is 0. The van der Waals surface area contributed by atoms with Crippen LogP contribution in [0.2, 0.25) is 0 Å². The molecule has 0 saturated carbocycles. The molecule has 4 nitrogen and oxygen atoms in total. The van der Waals surface area contributed by atoms with E-state index in [1.54, 1.807) is 0 Å². The summed E-state index contributed by atoms with van der Waals surface area (Å²) in [4.78, 5) is 3.73. The molecule has 0 bridgehead atoms. The minimum atomic E-state index is 0.578. The van der Waals surface area contributed by atoms with Crippen LogP contribution < -0.4 is 11.1 Å². The molecule has 0 unspecified atom stereocenters. The van der Waals surface area contributed by atoms with Crippen LogP contribution in [-0.4, -0.2) is 37.8 Å². The number of nitrogens with zero attached hydrogens (tertiary/aromatic N) is 2. The van der Waals surface area contributed by atoms with E-state index in [0.29, 0.717) is 5.82 Å². The number of rotatable bonds is 5. The average Bonchev–Trinajstić information content (AvgIpc) is 1.87. The van der Waals surface area contributed by atoms with Crippen LogP contribution in [0.25, 0.3) is 0 Å². The van der Waals surface area contributed by atoms with Crippen molar-refractivity contribution in [3.05, 3.63) is 12.4 Å². The molecule has 0 aliphatic heterocycles. The Morgan fingerprint density at radius 3 is 2.91 bits per heavy atom. The van der Waals surface area contributed by atoms with Crippen LogP contribution >= 0.6 is 0 Å².